The lowest BCUT2D eigenvalue weighted by atomic mass is 10.2. The average molecular weight is 218 g/mol. The molecule has 4 nitrogen and oxygen atoms in total. The van der Waals surface area contributed by atoms with Gasteiger partial charge in [0.2, 0.25) is 0 Å². The van der Waals surface area contributed by atoms with Gasteiger partial charge >= 0.3 is 0 Å². The topological polar surface area (TPSA) is 42.2 Å². The van der Waals surface area contributed by atoms with Crippen molar-refractivity contribution in [2.45, 2.75) is 33.2 Å². The van der Waals surface area contributed by atoms with Crippen molar-refractivity contribution >= 4 is 5.65 Å². The van der Waals surface area contributed by atoms with Crippen molar-refractivity contribution in [2.24, 2.45) is 0 Å². The first kappa shape index (κ1) is 11.1. The van der Waals surface area contributed by atoms with E-state index < -0.39 is 0 Å². The van der Waals surface area contributed by atoms with Crippen LogP contribution in [0, 0.1) is 6.92 Å². The average Bonchev–Trinajstić information content (AvgIpc) is 2.57. The Balaban J connectivity index is 2.51. The van der Waals surface area contributed by atoms with Crippen LogP contribution in [0.5, 0.6) is 0 Å². The number of fused-ring (bicyclic) bond motifs is 1. The summed E-state index contributed by atoms with van der Waals surface area (Å²) in [7, 11) is 1.94. The predicted molar refractivity (Wildman–Crippen MR) is 64.5 cm³/mol. The standard InChI is InChI=1S/C12H18N4/c1-4-5-10-6-7-12-14-9(2)11(8-13-3)16(12)15-10/h6-7,13H,4-5,8H2,1-3H3. The predicted octanol–water partition coefficient (Wildman–Crippen LogP) is 1.71. The van der Waals surface area contributed by atoms with Crippen LogP contribution in [0.3, 0.4) is 0 Å². The fraction of sp³-hybridized carbons (Fsp3) is 0.500. The van der Waals surface area contributed by atoms with Gasteiger partial charge in [0, 0.05) is 6.54 Å². The van der Waals surface area contributed by atoms with Gasteiger partial charge in [-0.3, -0.25) is 0 Å². The number of hydrogen-bond acceptors (Lipinski definition) is 3. The molecule has 0 radical (unpaired) electrons. The molecule has 0 spiro atoms. The number of imidazole rings is 1. The van der Waals surface area contributed by atoms with Gasteiger partial charge in [0.05, 0.1) is 17.1 Å². The molecule has 86 valence electrons. The maximum Gasteiger partial charge on any atom is 0.154 e. The van der Waals surface area contributed by atoms with Gasteiger partial charge < -0.3 is 5.32 Å². The van der Waals surface area contributed by atoms with Crippen LogP contribution in [-0.4, -0.2) is 21.6 Å². The molecule has 2 rings (SSSR count). The summed E-state index contributed by atoms with van der Waals surface area (Å²) in [5.74, 6) is 0. The zero-order valence-electron chi connectivity index (χ0n) is 10.1. The number of nitrogens with one attached hydrogen (secondary N) is 1. The fourth-order valence-corrected chi connectivity index (χ4v) is 1.89. The molecule has 0 aliphatic rings. The van der Waals surface area contributed by atoms with Gasteiger partial charge in [-0.2, -0.15) is 5.10 Å². The van der Waals surface area contributed by atoms with Gasteiger partial charge in [0.1, 0.15) is 0 Å². The van der Waals surface area contributed by atoms with E-state index in [1.54, 1.807) is 0 Å². The minimum atomic E-state index is 0.801. The van der Waals surface area contributed by atoms with Crippen LogP contribution in [-0.2, 0) is 13.0 Å². The highest BCUT2D eigenvalue weighted by molar-refractivity contribution is 5.41. The van der Waals surface area contributed by atoms with E-state index in [4.69, 9.17) is 0 Å². The Kier molecular flexibility index (Phi) is 3.19. The van der Waals surface area contributed by atoms with Crippen molar-refractivity contribution in [3.63, 3.8) is 0 Å². The summed E-state index contributed by atoms with van der Waals surface area (Å²) in [5.41, 5.74) is 4.26. The molecule has 1 N–H and O–H groups in total. The Morgan fingerprint density at radius 3 is 2.88 bits per heavy atom. The largest absolute Gasteiger partial charge is 0.314 e. The van der Waals surface area contributed by atoms with Crippen molar-refractivity contribution in [1.82, 2.24) is 19.9 Å². The highest BCUT2D eigenvalue weighted by atomic mass is 15.3. The second-order valence-corrected chi connectivity index (χ2v) is 4.02. The Hall–Kier alpha value is -1.42. The van der Waals surface area contributed by atoms with Crippen molar-refractivity contribution in [2.75, 3.05) is 7.05 Å². The quantitative estimate of drug-likeness (QED) is 0.849. The Morgan fingerprint density at radius 2 is 2.19 bits per heavy atom. The molecule has 0 fully saturated rings. The van der Waals surface area contributed by atoms with Gasteiger partial charge in [-0.25, -0.2) is 9.50 Å². The maximum atomic E-state index is 4.62. The minimum absolute atomic E-state index is 0.801. The minimum Gasteiger partial charge on any atom is -0.314 e. The van der Waals surface area contributed by atoms with E-state index in [2.05, 4.69) is 28.4 Å². The zero-order valence-corrected chi connectivity index (χ0v) is 10.1. The summed E-state index contributed by atoms with van der Waals surface area (Å²) in [6.07, 6.45) is 2.14. The molecule has 0 amide bonds. The Morgan fingerprint density at radius 1 is 1.38 bits per heavy atom. The van der Waals surface area contributed by atoms with E-state index in [1.165, 1.54) is 0 Å². The van der Waals surface area contributed by atoms with Gasteiger partial charge in [-0.1, -0.05) is 13.3 Å². The first-order valence-electron chi connectivity index (χ1n) is 5.75. The third-order valence-electron chi connectivity index (χ3n) is 2.68. The van der Waals surface area contributed by atoms with Crippen molar-refractivity contribution < 1.29 is 0 Å². The summed E-state index contributed by atoms with van der Waals surface area (Å²) >= 11 is 0. The van der Waals surface area contributed by atoms with Crippen molar-refractivity contribution in [3.05, 3.63) is 29.2 Å². The van der Waals surface area contributed by atoms with Crippen LogP contribution < -0.4 is 5.32 Å². The molecule has 0 aliphatic carbocycles. The second-order valence-electron chi connectivity index (χ2n) is 4.02. The summed E-state index contributed by atoms with van der Waals surface area (Å²) in [5, 5.41) is 7.77. The van der Waals surface area contributed by atoms with E-state index >= 15 is 0 Å². The maximum absolute atomic E-state index is 4.62. The van der Waals surface area contributed by atoms with Crippen molar-refractivity contribution in [3.8, 4) is 0 Å². The van der Waals surface area contributed by atoms with Crippen LogP contribution in [0.25, 0.3) is 5.65 Å². The number of aromatic nitrogens is 3. The first-order valence-corrected chi connectivity index (χ1v) is 5.75. The molecule has 2 aromatic heterocycles. The molecule has 0 saturated carbocycles. The van der Waals surface area contributed by atoms with Crippen molar-refractivity contribution in [1.29, 1.82) is 0 Å². The molecular formula is C12H18N4. The molecule has 16 heavy (non-hydrogen) atoms. The normalized spacial score (nSPS) is 11.2. The third kappa shape index (κ3) is 1.93. The number of aryl methyl sites for hydroxylation is 2. The molecule has 0 aromatic carbocycles. The lowest BCUT2D eigenvalue weighted by Crippen LogP contribution is -2.10. The highest BCUT2D eigenvalue weighted by Gasteiger charge is 2.09. The molecule has 0 atom stereocenters. The molecule has 2 heterocycles. The summed E-state index contributed by atoms with van der Waals surface area (Å²) in [6.45, 7) is 5.00. The Labute approximate surface area is 95.7 Å². The van der Waals surface area contributed by atoms with Gasteiger partial charge in [0.25, 0.3) is 0 Å². The van der Waals surface area contributed by atoms with Gasteiger partial charge in [-0.15, -0.1) is 0 Å². The molecule has 0 saturated heterocycles. The smallest absolute Gasteiger partial charge is 0.154 e. The number of nitrogens with zero attached hydrogens (tertiary/aromatic N) is 3. The fourth-order valence-electron chi connectivity index (χ4n) is 1.89. The summed E-state index contributed by atoms with van der Waals surface area (Å²) in [6, 6.07) is 4.11. The third-order valence-corrected chi connectivity index (χ3v) is 2.68. The van der Waals surface area contributed by atoms with Crippen LogP contribution in [0.2, 0.25) is 0 Å². The van der Waals surface area contributed by atoms with Crippen LogP contribution in [0.15, 0.2) is 12.1 Å². The number of hydrogen-bond donors (Lipinski definition) is 1. The van der Waals surface area contributed by atoms with Crippen LogP contribution >= 0.6 is 0 Å². The lowest BCUT2D eigenvalue weighted by molar-refractivity contribution is 0.723. The zero-order chi connectivity index (χ0) is 11.5. The molecular weight excluding hydrogens is 200 g/mol. The molecule has 2 aromatic rings. The van der Waals surface area contributed by atoms with E-state index in [1.807, 2.05) is 24.6 Å². The lowest BCUT2D eigenvalue weighted by Gasteiger charge is -2.03. The van der Waals surface area contributed by atoms with E-state index in [-0.39, 0.29) is 0 Å². The SMILES string of the molecule is CCCc1ccc2nc(C)c(CNC)n2n1. The molecule has 0 unspecified atom stereocenters. The van der Waals surface area contributed by atoms with E-state index in [9.17, 15) is 0 Å². The first-order chi connectivity index (χ1) is 7.76. The van der Waals surface area contributed by atoms with E-state index in [0.29, 0.717) is 0 Å². The Bertz CT molecular complexity index is 487. The summed E-state index contributed by atoms with van der Waals surface area (Å²) in [4.78, 5) is 4.49. The van der Waals surface area contributed by atoms with Gasteiger partial charge in [-0.05, 0) is 32.5 Å². The van der Waals surface area contributed by atoms with E-state index in [0.717, 1.165) is 42.1 Å². The van der Waals surface area contributed by atoms with Crippen LogP contribution in [0.1, 0.15) is 30.4 Å². The molecule has 0 aliphatic heterocycles. The summed E-state index contributed by atoms with van der Waals surface area (Å²) < 4.78 is 1.96. The molecule has 0 bridgehead atoms. The second kappa shape index (κ2) is 4.61. The monoisotopic (exact) mass is 218 g/mol. The molecule has 4 heteroatoms. The van der Waals surface area contributed by atoms with Crippen LogP contribution in [0.4, 0.5) is 0 Å². The van der Waals surface area contributed by atoms with Gasteiger partial charge in [0.15, 0.2) is 5.65 Å². The highest BCUT2D eigenvalue weighted by Crippen LogP contribution is 2.11. The number of rotatable bonds is 4.